The Morgan fingerprint density at radius 2 is 1.38 bits per heavy atom. The minimum absolute atomic E-state index is 0.165. The molecule has 1 saturated heterocycles. The predicted octanol–water partition coefficient (Wildman–Crippen LogP) is 3.86. The van der Waals surface area contributed by atoms with Crippen LogP contribution in [-0.2, 0) is 15.1 Å². The summed E-state index contributed by atoms with van der Waals surface area (Å²) in [6.45, 7) is 0.477. The summed E-state index contributed by atoms with van der Waals surface area (Å²) in [6.07, 6.45) is 0.692. The number of hydrogen-bond acceptors (Lipinski definition) is 3. The largest absolute Gasteiger partial charge is 0.464 e. The van der Waals surface area contributed by atoms with Crippen LogP contribution in [0, 0.1) is 0 Å². The number of benzene rings is 3. The van der Waals surface area contributed by atoms with Crippen LogP contribution in [0.15, 0.2) is 78.9 Å². The van der Waals surface area contributed by atoms with E-state index in [4.69, 9.17) is 4.74 Å². The molecule has 3 aromatic rings. The minimum atomic E-state index is -0.553. The van der Waals surface area contributed by atoms with Gasteiger partial charge in [-0.05, 0) is 27.8 Å². The molecule has 1 aliphatic carbocycles. The maximum atomic E-state index is 12.3. The van der Waals surface area contributed by atoms with Crippen LogP contribution in [0.25, 0.3) is 11.1 Å². The van der Waals surface area contributed by atoms with Crippen molar-refractivity contribution in [3.8, 4) is 11.1 Å². The average molecular weight is 341 g/mol. The summed E-state index contributed by atoms with van der Waals surface area (Å²) in [5, 5.41) is 3.70. The van der Waals surface area contributed by atoms with Crippen LogP contribution in [0.5, 0.6) is 0 Å². The van der Waals surface area contributed by atoms with Crippen molar-refractivity contribution in [1.82, 2.24) is 5.32 Å². The first kappa shape index (κ1) is 15.4. The molecule has 2 aliphatic rings. The Kier molecular flexibility index (Phi) is 3.44. The lowest BCUT2D eigenvalue weighted by Gasteiger charge is -2.35. The van der Waals surface area contributed by atoms with Crippen LogP contribution >= 0.6 is 0 Å². The highest BCUT2D eigenvalue weighted by Gasteiger charge is 2.47. The molecule has 128 valence electrons. The molecule has 3 heteroatoms. The van der Waals surface area contributed by atoms with E-state index in [1.165, 1.54) is 22.3 Å². The smallest absolute Gasteiger partial charge is 0.323 e. The molecule has 0 radical (unpaired) electrons. The normalized spacial score (nSPS) is 19.7. The number of hydrogen-bond donors (Lipinski definition) is 1. The summed E-state index contributed by atoms with van der Waals surface area (Å²) in [5.41, 5.74) is 5.38. The van der Waals surface area contributed by atoms with Crippen molar-refractivity contribution in [2.24, 2.45) is 0 Å². The Balaban J connectivity index is 1.80. The van der Waals surface area contributed by atoms with Crippen molar-refractivity contribution in [3.63, 3.8) is 0 Å². The first-order valence-electron chi connectivity index (χ1n) is 9.00. The van der Waals surface area contributed by atoms with Gasteiger partial charge in [-0.1, -0.05) is 78.9 Å². The molecule has 3 nitrogen and oxygen atoms in total. The Morgan fingerprint density at radius 3 is 1.96 bits per heavy atom. The zero-order valence-electron chi connectivity index (χ0n) is 14.3. The quantitative estimate of drug-likeness (QED) is 0.735. The summed E-state index contributed by atoms with van der Waals surface area (Å²) < 4.78 is 5.23. The van der Waals surface area contributed by atoms with E-state index in [2.05, 4.69) is 78.1 Å². The molecule has 1 fully saturated rings. The molecule has 0 spiro atoms. The van der Waals surface area contributed by atoms with E-state index >= 15 is 0 Å². The van der Waals surface area contributed by atoms with E-state index < -0.39 is 5.54 Å². The van der Waals surface area contributed by atoms with Crippen LogP contribution in [0.1, 0.15) is 23.1 Å². The van der Waals surface area contributed by atoms with E-state index in [1.54, 1.807) is 0 Å². The fourth-order valence-electron chi connectivity index (χ4n) is 4.36. The van der Waals surface area contributed by atoms with Gasteiger partial charge < -0.3 is 4.74 Å². The van der Waals surface area contributed by atoms with Gasteiger partial charge in [0.1, 0.15) is 6.04 Å². The number of carbonyl (C=O) groups is 1. The van der Waals surface area contributed by atoms with Gasteiger partial charge in [0.05, 0.1) is 12.1 Å². The van der Waals surface area contributed by atoms with E-state index in [0.29, 0.717) is 13.0 Å². The second-order valence-corrected chi connectivity index (χ2v) is 6.86. The molecule has 0 bridgehead atoms. The highest BCUT2D eigenvalue weighted by Crippen LogP contribution is 2.51. The zero-order valence-corrected chi connectivity index (χ0v) is 14.3. The standard InChI is InChI=1S/C23H19NO2/c25-22-21(14-15-26-22)24-23(16-8-2-1-3-9-16)19-12-6-4-10-17(19)18-11-5-7-13-20(18)23/h1-13,21,24H,14-15H2/t21-/m0/s1. The van der Waals surface area contributed by atoms with Gasteiger partial charge in [0.2, 0.25) is 0 Å². The summed E-state index contributed by atoms with van der Waals surface area (Å²) in [6, 6.07) is 27.0. The maximum absolute atomic E-state index is 12.3. The maximum Gasteiger partial charge on any atom is 0.323 e. The van der Waals surface area contributed by atoms with Gasteiger partial charge >= 0.3 is 5.97 Å². The summed E-state index contributed by atoms with van der Waals surface area (Å²) in [7, 11) is 0. The van der Waals surface area contributed by atoms with Crippen molar-refractivity contribution >= 4 is 5.97 Å². The summed E-state index contributed by atoms with van der Waals surface area (Å²) >= 11 is 0. The molecule has 3 aromatic carbocycles. The van der Waals surface area contributed by atoms with Gasteiger partial charge in [0.15, 0.2) is 0 Å². The molecule has 1 atom stereocenters. The predicted molar refractivity (Wildman–Crippen MR) is 101 cm³/mol. The van der Waals surface area contributed by atoms with E-state index in [-0.39, 0.29) is 12.0 Å². The lowest BCUT2D eigenvalue weighted by molar-refractivity contribution is -0.139. The second kappa shape index (κ2) is 5.82. The average Bonchev–Trinajstić information content (AvgIpc) is 3.23. The Labute approximate surface area is 152 Å². The van der Waals surface area contributed by atoms with Gasteiger partial charge in [-0.3, -0.25) is 10.1 Å². The Hall–Kier alpha value is -2.91. The second-order valence-electron chi connectivity index (χ2n) is 6.86. The number of fused-ring (bicyclic) bond motifs is 3. The van der Waals surface area contributed by atoms with E-state index in [9.17, 15) is 4.79 Å². The third-order valence-corrected chi connectivity index (χ3v) is 5.49. The van der Waals surface area contributed by atoms with Gasteiger partial charge in [-0.2, -0.15) is 0 Å². The van der Waals surface area contributed by atoms with Crippen molar-refractivity contribution < 1.29 is 9.53 Å². The number of rotatable bonds is 3. The number of ether oxygens (including phenoxy) is 1. The highest BCUT2D eigenvalue weighted by atomic mass is 16.5. The van der Waals surface area contributed by atoms with Gasteiger partial charge in [0, 0.05) is 6.42 Å². The Bertz CT molecular complexity index is 935. The molecule has 0 aromatic heterocycles. The Morgan fingerprint density at radius 1 is 0.808 bits per heavy atom. The molecule has 1 N–H and O–H groups in total. The van der Waals surface area contributed by atoms with Crippen molar-refractivity contribution in [2.45, 2.75) is 18.0 Å². The van der Waals surface area contributed by atoms with Gasteiger partial charge in [-0.25, -0.2) is 0 Å². The molecular formula is C23H19NO2. The van der Waals surface area contributed by atoms with Crippen LogP contribution < -0.4 is 5.32 Å². The van der Waals surface area contributed by atoms with E-state index in [1.807, 2.05) is 6.07 Å². The summed E-state index contributed by atoms with van der Waals surface area (Å²) in [5.74, 6) is -0.165. The summed E-state index contributed by atoms with van der Waals surface area (Å²) in [4.78, 5) is 12.3. The first-order chi connectivity index (χ1) is 12.8. The lowest BCUT2D eigenvalue weighted by Crippen LogP contribution is -2.50. The number of nitrogens with one attached hydrogen (secondary N) is 1. The minimum Gasteiger partial charge on any atom is -0.464 e. The lowest BCUT2D eigenvalue weighted by atomic mass is 9.80. The van der Waals surface area contributed by atoms with Crippen molar-refractivity contribution in [3.05, 3.63) is 95.6 Å². The van der Waals surface area contributed by atoms with Crippen LogP contribution in [0.2, 0.25) is 0 Å². The first-order valence-corrected chi connectivity index (χ1v) is 9.00. The van der Waals surface area contributed by atoms with Gasteiger partial charge in [0.25, 0.3) is 0 Å². The molecule has 1 aliphatic heterocycles. The molecule has 26 heavy (non-hydrogen) atoms. The molecule has 5 rings (SSSR count). The third-order valence-electron chi connectivity index (χ3n) is 5.49. The number of cyclic esters (lactones) is 1. The van der Waals surface area contributed by atoms with Crippen LogP contribution in [0.3, 0.4) is 0 Å². The molecule has 1 heterocycles. The number of esters is 1. The van der Waals surface area contributed by atoms with Crippen LogP contribution in [0.4, 0.5) is 0 Å². The fourth-order valence-corrected chi connectivity index (χ4v) is 4.36. The molecule has 0 unspecified atom stereocenters. The molecular weight excluding hydrogens is 322 g/mol. The van der Waals surface area contributed by atoms with Crippen molar-refractivity contribution in [1.29, 1.82) is 0 Å². The topological polar surface area (TPSA) is 38.3 Å². The molecule has 0 saturated carbocycles. The number of carbonyl (C=O) groups excluding carboxylic acids is 1. The van der Waals surface area contributed by atoms with E-state index in [0.717, 1.165) is 5.56 Å². The third kappa shape index (κ3) is 2.07. The highest BCUT2D eigenvalue weighted by molar-refractivity contribution is 5.84. The molecule has 0 amide bonds. The SMILES string of the molecule is O=C1OCC[C@@H]1NC1(c2ccccc2)c2ccccc2-c2ccccc21. The zero-order chi connectivity index (χ0) is 17.6. The fraction of sp³-hybridized carbons (Fsp3) is 0.174. The van der Waals surface area contributed by atoms with Gasteiger partial charge in [-0.15, -0.1) is 0 Å². The van der Waals surface area contributed by atoms with Crippen molar-refractivity contribution in [2.75, 3.05) is 6.61 Å². The monoisotopic (exact) mass is 341 g/mol. The van der Waals surface area contributed by atoms with Crippen LogP contribution in [-0.4, -0.2) is 18.6 Å².